The third kappa shape index (κ3) is 5.04. The highest BCUT2D eigenvalue weighted by Crippen LogP contribution is 2.29. The van der Waals surface area contributed by atoms with Crippen molar-refractivity contribution in [2.45, 2.75) is 70.8 Å². The minimum absolute atomic E-state index is 0.105. The molecule has 2 N–H and O–H groups in total. The third-order valence-electron chi connectivity index (χ3n) is 4.37. The first-order valence-corrected chi connectivity index (χ1v) is 8.59. The minimum Gasteiger partial charge on any atom is -0.384 e. The fraction of sp³-hybridized carbons (Fsp3) is 0.632. The van der Waals surface area contributed by atoms with E-state index in [9.17, 15) is 4.79 Å². The average molecular weight is 302 g/mol. The second-order valence-corrected chi connectivity index (χ2v) is 7.37. The molecule has 1 saturated carbocycles. The van der Waals surface area contributed by atoms with Crippen molar-refractivity contribution in [3.8, 4) is 0 Å². The lowest BCUT2D eigenvalue weighted by molar-refractivity contribution is -0.121. The summed E-state index contributed by atoms with van der Waals surface area (Å²) in [6, 6.07) is 8.77. The molecule has 1 aromatic rings. The quantitative estimate of drug-likeness (QED) is 0.854. The summed E-state index contributed by atoms with van der Waals surface area (Å²) in [5, 5.41) is 6.60. The summed E-state index contributed by atoms with van der Waals surface area (Å²) in [4.78, 5) is 12.0. The Bertz CT molecular complexity index is 484. The maximum Gasteiger partial charge on any atom is 0.221 e. The van der Waals surface area contributed by atoms with Gasteiger partial charge in [0.25, 0.3) is 0 Å². The molecule has 2 rings (SSSR count). The first-order chi connectivity index (χ1) is 10.5. The second kappa shape index (κ2) is 7.66. The van der Waals surface area contributed by atoms with Gasteiger partial charge < -0.3 is 10.6 Å². The van der Waals surface area contributed by atoms with E-state index in [1.807, 2.05) is 6.07 Å². The van der Waals surface area contributed by atoms with Gasteiger partial charge in [0.15, 0.2) is 0 Å². The smallest absolute Gasteiger partial charge is 0.221 e. The van der Waals surface area contributed by atoms with Crippen molar-refractivity contribution < 1.29 is 4.79 Å². The molecule has 0 radical (unpaired) electrons. The highest BCUT2D eigenvalue weighted by molar-refractivity contribution is 5.76. The zero-order valence-electron chi connectivity index (χ0n) is 14.2. The molecule has 0 saturated heterocycles. The van der Waals surface area contributed by atoms with Crippen LogP contribution in [-0.2, 0) is 10.2 Å². The molecular formula is C19H30N2O. The predicted octanol–water partition coefficient (Wildman–Crippen LogP) is 4.24. The Morgan fingerprint density at radius 2 is 1.82 bits per heavy atom. The zero-order valence-corrected chi connectivity index (χ0v) is 14.2. The van der Waals surface area contributed by atoms with Crippen LogP contribution in [0.2, 0.25) is 0 Å². The molecule has 0 bridgehead atoms. The van der Waals surface area contributed by atoms with E-state index >= 15 is 0 Å². The van der Waals surface area contributed by atoms with Crippen LogP contribution in [-0.4, -0.2) is 18.5 Å². The Morgan fingerprint density at radius 3 is 2.50 bits per heavy atom. The van der Waals surface area contributed by atoms with Crippen molar-refractivity contribution in [2.24, 2.45) is 0 Å². The van der Waals surface area contributed by atoms with Crippen molar-refractivity contribution in [3.63, 3.8) is 0 Å². The number of rotatable bonds is 5. The van der Waals surface area contributed by atoms with E-state index in [4.69, 9.17) is 0 Å². The van der Waals surface area contributed by atoms with Crippen LogP contribution in [0, 0.1) is 0 Å². The molecule has 1 fully saturated rings. The van der Waals surface area contributed by atoms with Gasteiger partial charge in [-0.05, 0) is 29.9 Å². The van der Waals surface area contributed by atoms with Gasteiger partial charge >= 0.3 is 0 Å². The van der Waals surface area contributed by atoms with Crippen molar-refractivity contribution >= 4 is 11.6 Å². The molecule has 0 atom stereocenters. The van der Waals surface area contributed by atoms with E-state index in [0.717, 1.165) is 18.5 Å². The Labute approximate surface area is 134 Å². The van der Waals surface area contributed by atoms with Crippen LogP contribution in [0.25, 0.3) is 0 Å². The first-order valence-electron chi connectivity index (χ1n) is 8.59. The van der Waals surface area contributed by atoms with Gasteiger partial charge in [0.2, 0.25) is 5.91 Å². The van der Waals surface area contributed by atoms with Crippen LogP contribution >= 0.6 is 0 Å². The number of hydrogen-bond acceptors (Lipinski definition) is 2. The van der Waals surface area contributed by atoms with Crippen molar-refractivity contribution in [1.29, 1.82) is 0 Å². The number of para-hydroxylation sites is 1. The standard InChI is InChI=1S/C19H30N2O/c1-19(2,3)16-11-7-8-12-17(16)20-14-13-18(22)21-15-9-5-4-6-10-15/h7-8,11-12,15,20H,4-6,9-10,13-14H2,1-3H3,(H,21,22). The minimum atomic E-state index is 0.105. The number of anilines is 1. The number of carbonyl (C=O) groups excluding carboxylic acids is 1. The van der Waals surface area contributed by atoms with Crippen molar-refractivity contribution in [1.82, 2.24) is 5.32 Å². The van der Waals surface area contributed by atoms with E-state index in [0.29, 0.717) is 19.0 Å². The van der Waals surface area contributed by atoms with Gasteiger partial charge in [0.1, 0.15) is 0 Å². The maximum atomic E-state index is 12.0. The van der Waals surface area contributed by atoms with Crippen molar-refractivity contribution in [3.05, 3.63) is 29.8 Å². The highest BCUT2D eigenvalue weighted by Gasteiger charge is 2.18. The Hall–Kier alpha value is -1.51. The second-order valence-electron chi connectivity index (χ2n) is 7.37. The summed E-state index contributed by atoms with van der Waals surface area (Å²) in [5.41, 5.74) is 2.54. The van der Waals surface area contributed by atoms with Crippen LogP contribution in [0.15, 0.2) is 24.3 Å². The molecule has 1 aliphatic carbocycles. The molecule has 1 amide bonds. The van der Waals surface area contributed by atoms with Gasteiger partial charge in [-0.3, -0.25) is 4.79 Å². The molecule has 0 aromatic heterocycles. The summed E-state index contributed by atoms with van der Waals surface area (Å²) in [6.45, 7) is 7.32. The third-order valence-corrected chi connectivity index (χ3v) is 4.37. The van der Waals surface area contributed by atoms with E-state index < -0.39 is 0 Å². The molecule has 3 nitrogen and oxygen atoms in total. The van der Waals surface area contributed by atoms with Gasteiger partial charge in [-0.25, -0.2) is 0 Å². The Morgan fingerprint density at radius 1 is 1.14 bits per heavy atom. The topological polar surface area (TPSA) is 41.1 Å². The molecular weight excluding hydrogens is 272 g/mol. The van der Waals surface area contributed by atoms with E-state index in [-0.39, 0.29) is 11.3 Å². The number of carbonyl (C=O) groups is 1. The van der Waals surface area contributed by atoms with Gasteiger partial charge in [0, 0.05) is 24.7 Å². The number of amides is 1. The van der Waals surface area contributed by atoms with Crippen molar-refractivity contribution in [2.75, 3.05) is 11.9 Å². The van der Waals surface area contributed by atoms with Crippen LogP contribution < -0.4 is 10.6 Å². The molecule has 3 heteroatoms. The molecule has 1 aromatic carbocycles. The molecule has 0 spiro atoms. The van der Waals surface area contributed by atoms with Gasteiger partial charge in [0.05, 0.1) is 0 Å². The van der Waals surface area contributed by atoms with Gasteiger partial charge in [-0.2, -0.15) is 0 Å². The molecule has 22 heavy (non-hydrogen) atoms. The fourth-order valence-electron chi connectivity index (χ4n) is 3.15. The summed E-state index contributed by atoms with van der Waals surface area (Å²) in [5.74, 6) is 0.174. The summed E-state index contributed by atoms with van der Waals surface area (Å²) in [7, 11) is 0. The van der Waals surface area contributed by atoms with E-state index in [1.165, 1.54) is 24.8 Å². The van der Waals surface area contributed by atoms with Crippen LogP contribution in [0.4, 0.5) is 5.69 Å². The average Bonchev–Trinajstić information content (AvgIpc) is 2.48. The molecule has 0 heterocycles. The van der Waals surface area contributed by atoms with E-state index in [2.05, 4.69) is 49.6 Å². The normalized spacial score (nSPS) is 16.3. The lowest BCUT2D eigenvalue weighted by atomic mass is 9.86. The lowest BCUT2D eigenvalue weighted by Gasteiger charge is -2.24. The zero-order chi connectivity index (χ0) is 16.0. The first kappa shape index (κ1) is 16.9. The van der Waals surface area contributed by atoms with Gasteiger partial charge in [-0.1, -0.05) is 58.2 Å². The van der Waals surface area contributed by atoms with E-state index in [1.54, 1.807) is 0 Å². The van der Waals surface area contributed by atoms with Crippen LogP contribution in [0.1, 0.15) is 64.9 Å². The maximum absolute atomic E-state index is 12.0. The van der Waals surface area contributed by atoms with Crippen LogP contribution in [0.3, 0.4) is 0 Å². The molecule has 1 aliphatic rings. The number of benzene rings is 1. The molecule has 122 valence electrons. The summed E-state index contributed by atoms with van der Waals surface area (Å²) in [6.07, 6.45) is 6.65. The highest BCUT2D eigenvalue weighted by atomic mass is 16.1. The largest absolute Gasteiger partial charge is 0.384 e. The van der Waals surface area contributed by atoms with Gasteiger partial charge in [-0.15, -0.1) is 0 Å². The molecule has 0 aliphatic heterocycles. The Balaban J connectivity index is 1.80. The number of hydrogen-bond donors (Lipinski definition) is 2. The monoisotopic (exact) mass is 302 g/mol. The lowest BCUT2D eigenvalue weighted by Crippen LogP contribution is -2.36. The summed E-state index contributed by atoms with van der Waals surface area (Å²) >= 11 is 0. The molecule has 0 unspecified atom stereocenters. The van der Waals surface area contributed by atoms with Crippen LogP contribution in [0.5, 0.6) is 0 Å². The fourth-order valence-corrected chi connectivity index (χ4v) is 3.15. The number of nitrogens with one attached hydrogen (secondary N) is 2. The Kier molecular flexibility index (Phi) is 5.87. The summed E-state index contributed by atoms with van der Waals surface area (Å²) < 4.78 is 0. The SMILES string of the molecule is CC(C)(C)c1ccccc1NCCC(=O)NC1CCCCC1. The predicted molar refractivity (Wildman–Crippen MR) is 93.3 cm³/mol.